The van der Waals surface area contributed by atoms with E-state index in [4.69, 9.17) is 9.40 Å². The molecule has 0 amide bonds. The second-order valence-electron chi connectivity index (χ2n) is 7.18. The van der Waals surface area contributed by atoms with Crippen LogP contribution in [0, 0.1) is 0 Å². The Morgan fingerprint density at radius 1 is 1.04 bits per heavy atom. The van der Waals surface area contributed by atoms with Crippen LogP contribution in [0.1, 0.15) is 41.3 Å². The molecule has 0 aliphatic heterocycles. The van der Waals surface area contributed by atoms with Gasteiger partial charge in [0.2, 0.25) is 5.89 Å². The number of aromatic nitrogens is 6. The molecule has 1 N–H and O–H groups in total. The molecule has 0 bridgehead atoms. The van der Waals surface area contributed by atoms with E-state index in [0.717, 1.165) is 34.5 Å². The number of H-pyrrole nitrogens is 1. The highest BCUT2D eigenvalue weighted by Crippen LogP contribution is 2.40. The Kier molecular flexibility index (Phi) is 3.28. The van der Waals surface area contributed by atoms with Crippen LogP contribution in [0.3, 0.4) is 0 Å². The van der Waals surface area contributed by atoms with Crippen molar-refractivity contribution in [2.45, 2.75) is 25.2 Å². The van der Waals surface area contributed by atoms with Crippen molar-refractivity contribution < 1.29 is 4.42 Å². The summed E-state index contributed by atoms with van der Waals surface area (Å²) in [5, 5.41) is 15.1. The lowest BCUT2D eigenvalue weighted by atomic mass is 10.0. The lowest BCUT2D eigenvalue weighted by Gasteiger charge is -2.08. The Morgan fingerprint density at radius 3 is 2.82 bits per heavy atom. The van der Waals surface area contributed by atoms with E-state index < -0.39 is 0 Å². The molecular formula is C21H16N6O. The summed E-state index contributed by atoms with van der Waals surface area (Å²) in [5.41, 5.74) is 7.17. The highest BCUT2D eigenvalue weighted by molar-refractivity contribution is 5.84. The van der Waals surface area contributed by atoms with Crippen molar-refractivity contribution in [2.24, 2.45) is 0 Å². The number of fused-ring (bicyclic) bond motifs is 1. The second kappa shape index (κ2) is 5.95. The number of nitrogens with one attached hydrogen (secondary N) is 1. The fourth-order valence-corrected chi connectivity index (χ4v) is 3.61. The summed E-state index contributed by atoms with van der Waals surface area (Å²) in [6, 6.07) is 8.04. The van der Waals surface area contributed by atoms with Crippen molar-refractivity contribution in [3.8, 4) is 23.0 Å². The predicted molar refractivity (Wildman–Crippen MR) is 102 cm³/mol. The number of rotatable bonds is 4. The lowest BCUT2D eigenvalue weighted by molar-refractivity contribution is 0.582. The molecule has 7 nitrogen and oxygen atoms in total. The molecular weight excluding hydrogens is 352 g/mol. The fraction of sp³-hybridized carbons (Fsp3) is 0.190. The Labute approximate surface area is 160 Å². The minimum absolute atomic E-state index is 0.423. The zero-order valence-electron chi connectivity index (χ0n) is 15.0. The molecule has 0 atom stereocenters. The van der Waals surface area contributed by atoms with Gasteiger partial charge in [-0.05, 0) is 48.6 Å². The van der Waals surface area contributed by atoms with Gasteiger partial charge in [-0.2, -0.15) is 5.10 Å². The molecule has 2 aliphatic rings. The van der Waals surface area contributed by atoms with E-state index in [0.29, 0.717) is 23.4 Å². The molecule has 0 saturated heterocycles. The topological polar surface area (TPSA) is 93.4 Å². The molecule has 3 heterocycles. The summed E-state index contributed by atoms with van der Waals surface area (Å²) in [5.74, 6) is 1.49. The molecule has 7 heteroatoms. The van der Waals surface area contributed by atoms with Crippen LogP contribution in [0.5, 0.6) is 0 Å². The maximum Gasteiger partial charge on any atom is 0.266 e. The summed E-state index contributed by atoms with van der Waals surface area (Å²) >= 11 is 0. The number of allylic oxidation sites excluding steroid dienone is 1. The highest BCUT2D eigenvalue weighted by atomic mass is 16.4. The van der Waals surface area contributed by atoms with Crippen LogP contribution in [0.4, 0.5) is 0 Å². The molecule has 1 fully saturated rings. The van der Waals surface area contributed by atoms with Gasteiger partial charge in [-0.15, -0.1) is 10.2 Å². The molecule has 0 radical (unpaired) electrons. The molecule has 6 rings (SSSR count). The first-order chi connectivity index (χ1) is 13.8. The minimum atomic E-state index is 0.423. The largest absolute Gasteiger partial charge is 0.415 e. The Bertz CT molecular complexity index is 1200. The molecule has 28 heavy (non-hydrogen) atoms. The summed E-state index contributed by atoms with van der Waals surface area (Å²) in [4.78, 5) is 9.28. The average Bonchev–Trinajstić information content (AvgIpc) is 3.14. The molecule has 2 aliphatic carbocycles. The number of hydrogen-bond donors (Lipinski definition) is 1. The zero-order valence-corrected chi connectivity index (χ0v) is 15.0. The van der Waals surface area contributed by atoms with E-state index in [-0.39, 0.29) is 0 Å². The number of nitrogens with zero attached hydrogens (tertiary/aromatic N) is 5. The lowest BCUT2D eigenvalue weighted by Crippen LogP contribution is -1.96. The van der Waals surface area contributed by atoms with Gasteiger partial charge in [0.25, 0.3) is 5.89 Å². The predicted octanol–water partition coefficient (Wildman–Crippen LogP) is 3.78. The average molecular weight is 368 g/mol. The van der Waals surface area contributed by atoms with Crippen molar-refractivity contribution in [1.29, 1.82) is 0 Å². The molecule has 136 valence electrons. The first-order valence-electron chi connectivity index (χ1n) is 9.34. The third-order valence-corrected chi connectivity index (χ3v) is 5.25. The van der Waals surface area contributed by atoms with Crippen LogP contribution in [-0.2, 0) is 6.42 Å². The molecule has 4 aromatic rings. The summed E-state index contributed by atoms with van der Waals surface area (Å²) in [6.07, 6.45) is 10.9. The molecule has 1 saturated carbocycles. The maximum absolute atomic E-state index is 5.83. The van der Waals surface area contributed by atoms with Crippen molar-refractivity contribution >= 4 is 5.57 Å². The standard InChI is InChI=1S/C21H16N6O/c1-4-14(20-26-27-21(28-20)17-7-8-23-25-17)9-16-12(1)5-6-15(16)19-11-22-10-18(24-19)13-2-3-13/h1,4,6-11,13H,2-3,5H2,(H,23,25). The van der Waals surface area contributed by atoms with Gasteiger partial charge in [-0.3, -0.25) is 10.1 Å². The summed E-state index contributed by atoms with van der Waals surface area (Å²) in [6.45, 7) is 0. The van der Waals surface area contributed by atoms with E-state index in [1.54, 1.807) is 12.3 Å². The van der Waals surface area contributed by atoms with E-state index in [9.17, 15) is 0 Å². The smallest absolute Gasteiger partial charge is 0.266 e. The third kappa shape index (κ3) is 2.55. The molecule has 3 aromatic heterocycles. The summed E-state index contributed by atoms with van der Waals surface area (Å²) < 4.78 is 5.83. The number of benzene rings is 1. The van der Waals surface area contributed by atoms with Gasteiger partial charge in [0.05, 0.1) is 17.6 Å². The van der Waals surface area contributed by atoms with E-state index in [1.807, 2.05) is 18.5 Å². The Morgan fingerprint density at radius 2 is 1.96 bits per heavy atom. The zero-order chi connectivity index (χ0) is 18.5. The fourth-order valence-electron chi connectivity index (χ4n) is 3.61. The molecule has 0 unspecified atom stereocenters. The highest BCUT2D eigenvalue weighted by Gasteiger charge is 2.26. The SMILES string of the molecule is C1=C(c2cncc(C3CC3)n2)c2cc(-c3nnc(-c4ccn[nH]4)o3)ccc2C1. The first kappa shape index (κ1) is 15.4. The van der Waals surface area contributed by atoms with Crippen LogP contribution in [0.25, 0.3) is 28.6 Å². The Hall–Kier alpha value is -3.61. The van der Waals surface area contributed by atoms with Gasteiger partial charge in [0, 0.05) is 29.4 Å². The quantitative estimate of drug-likeness (QED) is 0.589. The third-order valence-electron chi connectivity index (χ3n) is 5.25. The van der Waals surface area contributed by atoms with Gasteiger partial charge >= 0.3 is 0 Å². The molecule has 0 spiro atoms. The monoisotopic (exact) mass is 368 g/mol. The number of hydrogen-bond acceptors (Lipinski definition) is 6. The van der Waals surface area contributed by atoms with Crippen LogP contribution < -0.4 is 0 Å². The van der Waals surface area contributed by atoms with Crippen molar-refractivity contribution in [3.05, 3.63) is 71.4 Å². The van der Waals surface area contributed by atoms with Crippen molar-refractivity contribution in [3.63, 3.8) is 0 Å². The summed E-state index contributed by atoms with van der Waals surface area (Å²) in [7, 11) is 0. The van der Waals surface area contributed by atoms with Crippen LogP contribution in [0.15, 0.2) is 53.3 Å². The van der Waals surface area contributed by atoms with Gasteiger partial charge in [0.1, 0.15) is 5.69 Å². The maximum atomic E-state index is 5.83. The van der Waals surface area contributed by atoms with Crippen LogP contribution in [0.2, 0.25) is 0 Å². The van der Waals surface area contributed by atoms with E-state index in [1.165, 1.54) is 18.4 Å². The van der Waals surface area contributed by atoms with Gasteiger partial charge in [-0.1, -0.05) is 12.1 Å². The van der Waals surface area contributed by atoms with Crippen LogP contribution in [-0.4, -0.2) is 30.4 Å². The van der Waals surface area contributed by atoms with Crippen LogP contribution >= 0.6 is 0 Å². The first-order valence-corrected chi connectivity index (χ1v) is 9.34. The van der Waals surface area contributed by atoms with Crippen molar-refractivity contribution in [1.82, 2.24) is 30.4 Å². The van der Waals surface area contributed by atoms with Crippen molar-refractivity contribution in [2.75, 3.05) is 0 Å². The van der Waals surface area contributed by atoms with E-state index in [2.05, 4.69) is 43.6 Å². The minimum Gasteiger partial charge on any atom is -0.415 e. The number of aromatic amines is 1. The Balaban J connectivity index is 1.37. The van der Waals surface area contributed by atoms with Gasteiger partial charge in [0.15, 0.2) is 0 Å². The van der Waals surface area contributed by atoms with E-state index >= 15 is 0 Å². The molecule has 1 aromatic carbocycles. The normalized spacial score (nSPS) is 15.5. The van der Waals surface area contributed by atoms with Gasteiger partial charge in [-0.25, -0.2) is 4.98 Å². The second-order valence-corrected chi connectivity index (χ2v) is 7.18. The van der Waals surface area contributed by atoms with Gasteiger partial charge < -0.3 is 4.42 Å².